The van der Waals surface area contributed by atoms with Crippen molar-refractivity contribution < 1.29 is 9.52 Å². The molecule has 3 N–H and O–H groups in total. The van der Waals surface area contributed by atoms with Crippen LogP contribution in [0.1, 0.15) is 36.5 Å². The number of rotatable bonds is 9. The molecule has 10 heteroatoms. The van der Waals surface area contributed by atoms with Crippen LogP contribution in [0.3, 0.4) is 0 Å². The van der Waals surface area contributed by atoms with E-state index in [1.54, 1.807) is 13.0 Å². The average molecular weight is 522 g/mol. The predicted molar refractivity (Wildman–Crippen MR) is 124 cm³/mol. The molecule has 0 bridgehead atoms. The highest BCUT2D eigenvalue weighted by Crippen LogP contribution is 2.21. The second kappa shape index (κ2) is 11.7. The summed E-state index contributed by atoms with van der Waals surface area (Å²) in [7, 11) is 1.92. The predicted octanol–water partition coefficient (Wildman–Crippen LogP) is 2.34. The van der Waals surface area contributed by atoms with Crippen molar-refractivity contribution in [1.82, 2.24) is 25.4 Å². The summed E-state index contributed by atoms with van der Waals surface area (Å²) in [6.07, 6.45) is 3.12. The summed E-state index contributed by atoms with van der Waals surface area (Å²) in [6.45, 7) is 6.95. The average Bonchev–Trinajstić information content (AvgIpc) is 3.21. The van der Waals surface area contributed by atoms with Crippen molar-refractivity contribution in [1.29, 1.82) is 0 Å². The Hall–Kier alpha value is -1.27. The summed E-state index contributed by atoms with van der Waals surface area (Å²) in [5.41, 5.74) is -1.14. The minimum absolute atomic E-state index is 0. The van der Waals surface area contributed by atoms with Crippen molar-refractivity contribution >= 4 is 41.7 Å². The zero-order chi connectivity index (χ0) is 19.9. The third-order valence-corrected chi connectivity index (χ3v) is 4.95. The van der Waals surface area contributed by atoms with E-state index in [9.17, 15) is 5.11 Å². The van der Waals surface area contributed by atoms with Crippen molar-refractivity contribution in [3.8, 4) is 0 Å². The van der Waals surface area contributed by atoms with Gasteiger partial charge in [0, 0.05) is 13.6 Å². The second-order valence-electron chi connectivity index (χ2n) is 6.70. The zero-order valence-corrected chi connectivity index (χ0v) is 20.3. The number of nitrogens with zero attached hydrogens (tertiary/aromatic N) is 4. The molecule has 0 aliphatic carbocycles. The number of aromatic nitrogens is 3. The van der Waals surface area contributed by atoms with Crippen molar-refractivity contribution in [2.45, 2.75) is 39.3 Å². The lowest BCUT2D eigenvalue weighted by molar-refractivity contribution is 0.0378. The summed E-state index contributed by atoms with van der Waals surface area (Å²) in [6, 6.07) is 3.64. The normalized spacial score (nSPS) is 13.7. The Kier molecular flexibility index (Phi) is 10.3. The van der Waals surface area contributed by atoms with Gasteiger partial charge < -0.3 is 24.7 Å². The molecule has 8 nitrogen and oxygen atoms in total. The van der Waals surface area contributed by atoms with Crippen molar-refractivity contribution in [3.63, 3.8) is 0 Å². The van der Waals surface area contributed by atoms with Crippen LogP contribution in [0.2, 0.25) is 0 Å². The van der Waals surface area contributed by atoms with Gasteiger partial charge in [0.2, 0.25) is 0 Å². The highest BCUT2D eigenvalue weighted by atomic mass is 127. The Morgan fingerprint density at radius 1 is 1.32 bits per heavy atom. The summed E-state index contributed by atoms with van der Waals surface area (Å²) in [5, 5.41) is 25.4. The number of hydrogen-bond donors (Lipinski definition) is 3. The number of halogens is 1. The lowest BCUT2D eigenvalue weighted by atomic mass is 10.0. The van der Waals surface area contributed by atoms with E-state index in [1.807, 2.05) is 43.3 Å². The number of aliphatic imine (C=N–C) groups is 1. The maximum Gasteiger partial charge on any atom is 0.191 e. The van der Waals surface area contributed by atoms with Crippen LogP contribution in [0.4, 0.5) is 0 Å². The van der Waals surface area contributed by atoms with E-state index in [0.29, 0.717) is 18.3 Å². The van der Waals surface area contributed by atoms with E-state index in [-0.39, 0.29) is 30.5 Å². The first-order valence-corrected chi connectivity index (χ1v) is 10.4. The van der Waals surface area contributed by atoms with Gasteiger partial charge in [-0.2, -0.15) is 11.8 Å². The maximum atomic E-state index is 10.7. The van der Waals surface area contributed by atoms with Gasteiger partial charge in [-0.1, -0.05) is 0 Å². The van der Waals surface area contributed by atoms with Gasteiger partial charge >= 0.3 is 0 Å². The van der Waals surface area contributed by atoms with Crippen molar-refractivity contribution in [3.05, 3.63) is 35.3 Å². The number of thioether (sulfide) groups is 1. The first-order chi connectivity index (χ1) is 12.8. The summed E-state index contributed by atoms with van der Waals surface area (Å²) < 4.78 is 7.48. The third-order valence-electron chi connectivity index (χ3n) is 4.25. The molecular formula is C18H31IN6O2S. The molecule has 0 aliphatic rings. The fourth-order valence-electron chi connectivity index (χ4n) is 2.40. The number of furan rings is 1. The molecule has 2 rings (SSSR count). The minimum Gasteiger partial charge on any atom is -0.463 e. The van der Waals surface area contributed by atoms with Gasteiger partial charge in [0.25, 0.3) is 0 Å². The van der Waals surface area contributed by atoms with Gasteiger partial charge in [-0.15, -0.1) is 34.2 Å². The van der Waals surface area contributed by atoms with Crippen LogP contribution in [0, 0.1) is 13.8 Å². The molecule has 28 heavy (non-hydrogen) atoms. The summed E-state index contributed by atoms with van der Waals surface area (Å²) >= 11 is 1.81. The number of aliphatic hydroxyl groups is 1. The molecule has 0 saturated carbocycles. The maximum absolute atomic E-state index is 10.7. The van der Waals surface area contributed by atoms with Gasteiger partial charge in [-0.3, -0.25) is 0 Å². The molecule has 0 radical (unpaired) electrons. The van der Waals surface area contributed by atoms with Crippen LogP contribution in [0.25, 0.3) is 0 Å². The van der Waals surface area contributed by atoms with Crippen LogP contribution in [0.15, 0.2) is 21.5 Å². The SMILES string of the molecule is CSCCCNC(=NCc1nnc(C)n1C)NCC(C)(O)c1ccc(C)o1.I. The molecule has 0 aromatic carbocycles. The molecule has 0 fully saturated rings. The third kappa shape index (κ3) is 7.28. The molecule has 0 aliphatic heterocycles. The highest BCUT2D eigenvalue weighted by Gasteiger charge is 2.27. The standard InChI is InChI=1S/C18H30N6O2S.HI/c1-13-7-8-15(26-13)18(3,25)12-21-17(19-9-6-10-27-5)20-11-16-23-22-14(2)24(16)4;/h7-8,25H,6,9-12H2,1-5H3,(H2,19,20,21);1H. The summed E-state index contributed by atoms with van der Waals surface area (Å²) in [5.74, 6) is 4.63. The molecule has 1 atom stereocenters. The highest BCUT2D eigenvalue weighted by molar-refractivity contribution is 14.0. The Morgan fingerprint density at radius 3 is 2.64 bits per heavy atom. The smallest absolute Gasteiger partial charge is 0.191 e. The second-order valence-corrected chi connectivity index (χ2v) is 7.68. The van der Waals surface area contributed by atoms with Crippen molar-refractivity contribution in [2.24, 2.45) is 12.0 Å². The van der Waals surface area contributed by atoms with Crippen LogP contribution >= 0.6 is 35.7 Å². The fourth-order valence-corrected chi connectivity index (χ4v) is 2.84. The fraction of sp³-hybridized carbons (Fsp3) is 0.611. The quantitative estimate of drug-likeness (QED) is 0.201. The molecule has 2 aromatic rings. The minimum atomic E-state index is -1.14. The monoisotopic (exact) mass is 522 g/mol. The lowest BCUT2D eigenvalue weighted by Crippen LogP contribution is -2.44. The number of nitrogens with one attached hydrogen (secondary N) is 2. The summed E-state index contributed by atoms with van der Waals surface area (Å²) in [4.78, 5) is 4.59. The van der Waals surface area contributed by atoms with Crippen LogP contribution in [-0.2, 0) is 19.2 Å². The number of guanidine groups is 1. The van der Waals surface area contributed by atoms with E-state index < -0.39 is 5.60 Å². The Bertz CT molecular complexity index is 759. The van der Waals surface area contributed by atoms with Gasteiger partial charge in [-0.25, -0.2) is 4.99 Å². The van der Waals surface area contributed by atoms with Gasteiger partial charge in [0.05, 0.1) is 6.54 Å². The topological polar surface area (TPSA) is 100 Å². The van der Waals surface area contributed by atoms with E-state index in [4.69, 9.17) is 4.42 Å². The van der Waals surface area contributed by atoms with Gasteiger partial charge in [0.15, 0.2) is 11.8 Å². The lowest BCUT2D eigenvalue weighted by Gasteiger charge is -2.23. The van der Waals surface area contributed by atoms with Crippen LogP contribution < -0.4 is 10.6 Å². The molecule has 158 valence electrons. The van der Waals surface area contributed by atoms with E-state index in [1.165, 1.54) is 0 Å². The molecular weight excluding hydrogens is 491 g/mol. The van der Waals surface area contributed by atoms with E-state index in [2.05, 4.69) is 32.1 Å². The Morgan fingerprint density at radius 2 is 2.07 bits per heavy atom. The molecule has 0 saturated heterocycles. The van der Waals surface area contributed by atoms with E-state index >= 15 is 0 Å². The Balaban J connectivity index is 0.00000392. The van der Waals surface area contributed by atoms with Gasteiger partial charge in [-0.05, 0) is 51.3 Å². The zero-order valence-electron chi connectivity index (χ0n) is 17.2. The van der Waals surface area contributed by atoms with Crippen molar-refractivity contribution in [2.75, 3.05) is 25.1 Å². The number of aryl methyl sites for hydroxylation is 2. The first kappa shape index (κ1) is 24.8. The van der Waals surface area contributed by atoms with Gasteiger partial charge in [0.1, 0.15) is 29.5 Å². The van der Waals surface area contributed by atoms with Crippen LogP contribution in [-0.4, -0.2) is 50.9 Å². The number of hydrogen-bond acceptors (Lipinski definition) is 6. The molecule has 0 spiro atoms. The van der Waals surface area contributed by atoms with Crippen LogP contribution in [0.5, 0.6) is 0 Å². The largest absolute Gasteiger partial charge is 0.463 e. The molecule has 0 amide bonds. The molecule has 2 aromatic heterocycles. The first-order valence-electron chi connectivity index (χ1n) is 8.99. The molecule has 2 heterocycles. The van der Waals surface area contributed by atoms with E-state index in [0.717, 1.165) is 36.1 Å². The molecule has 1 unspecified atom stereocenters. The Labute approximate surface area is 188 Å².